The fraction of sp³-hybridized carbons (Fsp3) is 0.353. The number of carbonyl (C=O) groups is 1. The van der Waals surface area contributed by atoms with Crippen molar-refractivity contribution in [2.75, 3.05) is 6.54 Å². The highest BCUT2D eigenvalue weighted by Gasteiger charge is 2.28. The van der Waals surface area contributed by atoms with Gasteiger partial charge in [-0.3, -0.25) is 4.79 Å². The molecular formula is C17H19N7O. The SMILES string of the molecule is CCc1nnc2n1CCN(C(=O)c1nn(-c3ccccc3)nc1C)C2. The first-order valence-electron chi connectivity index (χ1n) is 8.37. The molecular weight excluding hydrogens is 318 g/mol. The molecule has 25 heavy (non-hydrogen) atoms. The van der Waals surface area contributed by atoms with E-state index in [0.717, 1.165) is 23.8 Å². The van der Waals surface area contributed by atoms with E-state index >= 15 is 0 Å². The summed E-state index contributed by atoms with van der Waals surface area (Å²) in [5, 5.41) is 17.2. The normalized spacial score (nSPS) is 13.8. The van der Waals surface area contributed by atoms with Gasteiger partial charge in [-0.15, -0.1) is 15.3 Å². The average Bonchev–Trinajstić information content (AvgIpc) is 3.24. The van der Waals surface area contributed by atoms with Crippen LogP contribution in [0.5, 0.6) is 0 Å². The zero-order chi connectivity index (χ0) is 17.4. The number of rotatable bonds is 3. The number of benzene rings is 1. The lowest BCUT2D eigenvalue weighted by Crippen LogP contribution is -2.39. The minimum atomic E-state index is -0.119. The second-order valence-corrected chi connectivity index (χ2v) is 6.02. The van der Waals surface area contributed by atoms with Crippen molar-refractivity contribution in [1.29, 1.82) is 0 Å². The Morgan fingerprint density at radius 3 is 2.68 bits per heavy atom. The number of para-hydroxylation sites is 1. The first-order chi connectivity index (χ1) is 12.2. The van der Waals surface area contributed by atoms with E-state index in [1.807, 2.05) is 30.3 Å². The Morgan fingerprint density at radius 2 is 1.92 bits per heavy atom. The predicted molar refractivity (Wildman–Crippen MR) is 90.2 cm³/mol. The third kappa shape index (κ3) is 2.69. The molecule has 2 aromatic heterocycles. The first kappa shape index (κ1) is 15.5. The highest BCUT2D eigenvalue weighted by molar-refractivity contribution is 5.93. The van der Waals surface area contributed by atoms with E-state index in [0.29, 0.717) is 31.0 Å². The standard InChI is InChI=1S/C17H19N7O/c1-3-14-18-19-15-11-22(9-10-23(14)15)17(25)16-12(2)20-24(21-16)13-7-5-4-6-8-13/h4-8H,3,9-11H2,1-2H3. The van der Waals surface area contributed by atoms with Crippen molar-refractivity contribution < 1.29 is 4.79 Å². The predicted octanol–water partition coefficient (Wildman–Crippen LogP) is 1.39. The summed E-state index contributed by atoms with van der Waals surface area (Å²) in [6.07, 6.45) is 0.839. The van der Waals surface area contributed by atoms with Gasteiger partial charge in [-0.2, -0.15) is 9.90 Å². The fourth-order valence-corrected chi connectivity index (χ4v) is 3.06. The van der Waals surface area contributed by atoms with Crippen molar-refractivity contribution in [2.45, 2.75) is 33.4 Å². The number of aryl methyl sites for hydroxylation is 2. The summed E-state index contributed by atoms with van der Waals surface area (Å²) in [5.41, 5.74) is 1.83. The Labute approximate surface area is 145 Å². The second kappa shape index (κ2) is 6.12. The van der Waals surface area contributed by atoms with Gasteiger partial charge in [0.25, 0.3) is 5.91 Å². The summed E-state index contributed by atoms with van der Waals surface area (Å²) in [6, 6.07) is 9.57. The molecule has 8 nitrogen and oxygen atoms in total. The van der Waals surface area contributed by atoms with Crippen molar-refractivity contribution in [3.05, 3.63) is 53.4 Å². The number of fused-ring (bicyclic) bond motifs is 1. The number of carbonyl (C=O) groups excluding carboxylic acids is 1. The molecule has 0 saturated carbocycles. The topological polar surface area (TPSA) is 81.7 Å². The molecule has 4 rings (SSSR count). The molecule has 0 aliphatic carbocycles. The van der Waals surface area contributed by atoms with Crippen LogP contribution < -0.4 is 0 Å². The zero-order valence-corrected chi connectivity index (χ0v) is 14.3. The van der Waals surface area contributed by atoms with Crippen LogP contribution in [0.4, 0.5) is 0 Å². The van der Waals surface area contributed by atoms with Gasteiger partial charge in [0, 0.05) is 19.5 Å². The minimum Gasteiger partial charge on any atom is -0.328 e. The van der Waals surface area contributed by atoms with Gasteiger partial charge in [0.2, 0.25) is 0 Å². The largest absolute Gasteiger partial charge is 0.328 e. The first-order valence-corrected chi connectivity index (χ1v) is 8.37. The van der Waals surface area contributed by atoms with Crippen molar-refractivity contribution in [2.24, 2.45) is 0 Å². The highest BCUT2D eigenvalue weighted by atomic mass is 16.2. The van der Waals surface area contributed by atoms with Crippen LogP contribution in [0.3, 0.4) is 0 Å². The molecule has 0 atom stereocenters. The molecule has 1 aliphatic rings. The molecule has 0 bridgehead atoms. The lowest BCUT2D eigenvalue weighted by Gasteiger charge is -2.27. The van der Waals surface area contributed by atoms with E-state index in [1.165, 1.54) is 4.80 Å². The molecule has 3 heterocycles. The number of hydrogen-bond acceptors (Lipinski definition) is 5. The Hall–Kier alpha value is -3.03. The van der Waals surface area contributed by atoms with E-state index in [4.69, 9.17) is 0 Å². The van der Waals surface area contributed by atoms with Crippen LogP contribution in [0.15, 0.2) is 30.3 Å². The highest BCUT2D eigenvalue weighted by Crippen LogP contribution is 2.17. The maximum absolute atomic E-state index is 12.9. The third-order valence-electron chi connectivity index (χ3n) is 4.41. The van der Waals surface area contributed by atoms with Gasteiger partial charge in [-0.1, -0.05) is 25.1 Å². The molecule has 1 aliphatic heterocycles. The van der Waals surface area contributed by atoms with Gasteiger partial charge in [-0.25, -0.2) is 0 Å². The van der Waals surface area contributed by atoms with Crippen molar-refractivity contribution in [3.8, 4) is 5.69 Å². The lowest BCUT2D eigenvalue weighted by atomic mass is 10.2. The van der Waals surface area contributed by atoms with Crippen LogP contribution in [-0.2, 0) is 19.5 Å². The Bertz CT molecular complexity index is 912. The van der Waals surface area contributed by atoms with Gasteiger partial charge < -0.3 is 9.47 Å². The number of amides is 1. The molecule has 128 valence electrons. The fourth-order valence-electron chi connectivity index (χ4n) is 3.06. The van der Waals surface area contributed by atoms with E-state index in [-0.39, 0.29) is 5.91 Å². The minimum absolute atomic E-state index is 0.119. The van der Waals surface area contributed by atoms with Gasteiger partial charge in [0.05, 0.1) is 17.9 Å². The van der Waals surface area contributed by atoms with Crippen molar-refractivity contribution >= 4 is 5.91 Å². The Morgan fingerprint density at radius 1 is 1.12 bits per heavy atom. The Balaban J connectivity index is 1.59. The molecule has 0 saturated heterocycles. The average molecular weight is 337 g/mol. The summed E-state index contributed by atoms with van der Waals surface area (Å²) in [5.74, 6) is 1.67. The summed E-state index contributed by atoms with van der Waals surface area (Å²) < 4.78 is 2.09. The molecule has 1 aromatic carbocycles. The monoisotopic (exact) mass is 337 g/mol. The van der Waals surface area contributed by atoms with Crippen LogP contribution in [0, 0.1) is 6.92 Å². The van der Waals surface area contributed by atoms with E-state index in [1.54, 1.807) is 11.8 Å². The van der Waals surface area contributed by atoms with Crippen LogP contribution >= 0.6 is 0 Å². The zero-order valence-electron chi connectivity index (χ0n) is 14.3. The van der Waals surface area contributed by atoms with Crippen molar-refractivity contribution in [1.82, 2.24) is 34.7 Å². The van der Waals surface area contributed by atoms with Crippen LogP contribution in [0.25, 0.3) is 5.69 Å². The number of aromatic nitrogens is 6. The number of nitrogens with zero attached hydrogens (tertiary/aromatic N) is 7. The molecule has 3 aromatic rings. The molecule has 8 heteroatoms. The van der Waals surface area contributed by atoms with Crippen LogP contribution in [0.2, 0.25) is 0 Å². The molecule has 0 radical (unpaired) electrons. The maximum atomic E-state index is 12.9. The van der Waals surface area contributed by atoms with Gasteiger partial charge in [0.1, 0.15) is 5.82 Å². The van der Waals surface area contributed by atoms with Gasteiger partial charge in [0.15, 0.2) is 11.5 Å². The van der Waals surface area contributed by atoms with Gasteiger partial charge >= 0.3 is 0 Å². The lowest BCUT2D eigenvalue weighted by molar-refractivity contribution is 0.0699. The van der Waals surface area contributed by atoms with E-state index in [9.17, 15) is 4.79 Å². The van der Waals surface area contributed by atoms with Crippen molar-refractivity contribution in [3.63, 3.8) is 0 Å². The molecule has 0 unspecified atom stereocenters. The summed E-state index contributed by atoms with van der Waals surface area (Å²) in [4.78, 5) is 16.2. The molecule has 1 amide bonds. The second-order valence-electron chi connectivity index (χ2n) is 6.02. The summed E-state index contributed by atoms with van der Waals surface area (Å²) in [7, 11) is 0. The Kier molecular flexibility index (Phi) is 3.79. The number of hydrogen-bond donors (Lipinski definition) is 0. The van der Waals surface area contributed by atoms with E-state index < -0.39 is 0 Å². The maximum Gasteiger partial charge on any atom is 0.276 e. The third-order valence-corrected chi connectivity index (χ3v) is 4.41. The summed E-state index contributed by atoms with van der Waals surface area (Å²) in [6.45, 7) is 5.64. The molecule has 0 spiro atoms. The van der Waals surface area contributed by atoms with Crippen LogP contribution in [0.1, 0.15) is 34.8 Å². The molecule has 0 fully saturated rings. The van der Waals surface area contributed by atoms with E-state index in [2.05, 4.69) is 31.9 Å². The summed E-state index contributed by atoms with van der Waals surface area (Å²) >= 11 is 0. The molecule has 0 N–H and O–H groups in total. The van der Waals surface area contributed by atoms with Crippen LogP contribution in [-0.4, -0.2) is 47.1 Å². The van der Waals surface area contributed by atoms with Gasteiger partial charge in [-0.05, 0) is 19.1 Å². The quantitative estimate of drug-likeness (QED) is 0.721. The smallest absolute Gasteiger partial charge is 0.276 e.